The van der Waals surface area contributed by atoms with Crippen LogP contribution in [0.3, 0.4) is 0 Å². The van der Waals surface area contributed by atoms with E-state index in [9.17, 15) is 14.9 Å². The van der Waals surface area contributed by atoms with Crippen LogP contribution in [-0.4, -0.2) is 11.0 Å². The minimum Gasteiger partial charge on any atom is -0.258 e. The van der Waals surface area contributed by atoms with Crippen LogP contribution in [0.4, 0.5) is 10.7 Å². The quantitative estimate of drug-likeness (QED) is 0.293. The topological polar surface area (TPSA) is 72.6 Å². The summed E-state index contributed by atoms with van der Waals surface area (Å²) in [5.74, 6) is 0. The largest absolute Gasteiger partial charge is 0.326 e. The van der Waals surface area contributed by atoms with Gasteiger partial charge in [0, 0.05) is 5.38 Å². The lowest BCUT2D eigenvalue weighted by molar-refractivity contribution is -0.380. The molecule has 0 saturated carbocycles. The van der Waals surface area contributed by atoms with Gasteiger partial charge in [0.15, 0.2) is 0 Å². The van der Waals surface area contributed by atoms with E-state index in [4.69, 9.17) is 0 Å². The summed E-state index contributed by atoms with van der Waals surface area (Å²) in [5, 5.41) is 11.5. The second-order valence-electron chi connectivity index (χ2n) is 1.60. The van der Waals surface area contributed by atoms with E-state index in [1.54, 1.807) is 0 Å². The zero-order valence-corrected chi connectivity index (χ0v) is 6.00. The minimum atomic E-state index is -0.533. The summed E-state index contributed by atoms with van der Waals surface area (Å²) in [6.07, 6.45) is 1.30. The number of nitrogens with zero attached hydrogens (tertiary/aromatic N) is 2. The van der Waals surface area contributed by atoms with Gasteiger partial charge < -0.3 is 0 Å². The van der Waals surface area contributed by atoms with Crippen LogP contribution in [-0.2, 0) is 4.79 Å². The van der Waals surface area contributed by atoms with Crippen molar-refractivity contribution in [3.63, 3.8) is 0 Å². The summed E-state index contributed by atoms with van der Waals surface area (Å²) < 4.78 is 0. The second kappa shape index (κ2) is 3.05. The third-order valence-corrected chi connectivity index (χ3v) is 1.79. The molecule has 6 heteroatoms. The molecule has 11 heavy (non-hydrogen) atoms. The van der Waals surface area contributed by atoms with Gasteiger partial charge in [-0.05, 0) is 0 Å². The van der Waals surface area contributed by atoms with Crippen molar-refractivity contribution in [2.75, 3.05) is 0 Å². The minimum absolute atomic E-state index is 0.0287. The number of nitro groups is 1. The number of thiophene rings is 1. The maximum Gasteiger partial charge on any atom is 0.326 e. The smallest absolute Gasteiger partial charge is 0.258 e. The van der Waals surface area contributed by atoms with E-state index in [0.717, 1.165) is 11.3 Å². The monoisotopic (exact) mass is 170 g/mol. The van der Waals surface area contributed by atoms with Gasteiger partial charge in [-0.15, -0.1) is 0 Å². The zero-order chi connectivity index (χ0) is 8.27. The van der Waals surface area contributed by atoms with Gasteiger partial charge in [-0.25, -0.2) is 4.79 Å². The van der Waals surface area contributed by atoms with E-state index >= 15 is 0 Å². The van der Waals surface area contributed by atoms with Gasteiger partial charge in [-0.1, -0.05) is 11.3 Å². The first-order valence-corrected chi connectivity index (χ1v) is 3.43. The summed E-state index contributed by atoms with van der Waals surface area (Å²) >= 11 is 0.926. The molecule has 0 fully saturated rings. The maximum absolute atomic E-state index is 10.1. The van der Waals surface area contributed by atoms with Gasteiger partial charge in [0.1, 0.15) is 0 Å². The molecule has 1 heterocycles. The van der Waals surface area contributed by atoms with Crippen molar-refractivity contribution in [2.24, 2.45) is 4.99 Å². The highest BCUT2D eigenvalue weighted by Gasteiger charge is 2.08. The molecule has 56 valence electrons. The van der Waals surface area contributed by atoms with Gasteiger partial charge in [-0.3, -0.25) is 10.1 Å². The van der Waals surface area contributed by atoms with E-state index in [2.05, 4.69) is 4.99 Å². The highest BCUT2D eigenvalue weighted by atomic mass is 32.1. The molecule has 0 saturated heterocycles. The normalized spacial score (nSPS) is 8.73. The third kappa shape index (κ3) is 1.70. The van der Waals surface area contributed by atoms with E-state index in [-0.39, 0.29) is 10.7 Å². The Morgan fingerprint density at radius 2 is 2.45 bits per heavy atom. The van der Waals surface area contributed by atoms with E-state index in [1.807, 2.05) is 0 Å². The van der Waals surface area contributed by atoms with Crippen LogP contribution in [0.2, 0.25) is 0 Å². The van der Waals surface area contributed by atoms with E-state index in [1.165, 1.54) is 17.5 Å². The summed E-state index contributed by atoms with van der Waals surface area (Å²) in [6.45, 7) is 0. The van der Waals surface area contributed by atoms with Crippen LogP contribution in [0.5, 0.6) is 0 Å². The van der Waals surface area contributed by atoms with Gasteiger partial charge in [-0.2, -0.15) is 4.99 Å². The first-order chi connectivity index (χ1) is 5.24. The molecule has 0 N–H and O–H groups in total. The predicted octanol–water partition coefficient (Wildman–Crippen LogP) is 1.62. The Labute approximate surface area is 65.1 Å². The molecule has 0 radical (unpaired) electrons. The van der Waals surface area contributed by atoms with Crippen molar-refractivity contribution >= 4 is 28.1 Å². The zero-order valence-electron chi connectivity index (χ0n) is 5.18. The fourth-order valence-corrected chi connectivity index (χ4v) is 1.16. The molecule has 1 rings (SSSR count). The molecule has 5 nitrogen and oxygen atoms in total. The SMILES string of the molecule is O=C=Nc1csc([N+](=O)[O-])c1. The fraction of sp³-hybridized carbons (Fsp3) is 0. The standard InChI is InChI=1S/C5H2N2O3S/c8-3-6-4-1-5(7(9)10)11-2-4/h1-2H. The number of aliphatic imine (C=N–C) groups is 1. The van der Waals surface area contributed by atoms with Crippen LogP contribution in [0.25, 0.3) is 0 Å². The molecule has 0 aliphatic heterocycles. The molecule has 1 aromatic rings. The lowest BCUT2D eigenvalue weighted by Crippen LogP contribution is -1.80. The van der Waals surface area contributed by atoms with Crippen molar-refractivity contribution < 1.29 is 9.72 Å². The van der Waals surface area contributed by atoms with Crippen molar-refractivity contribution in [3.05, 3.63) is 21.6 Å². The van der Waals surface area contributed by atoms with Gasteiger partial charge in [0.2, 0.25) is 6.08 Å². The van der Waals surface area contributed by atoms with Gasteiger partial charge >= 0.3 is 5.00 Å². The van der Waals surface area contributed by atoms with E-state index < -0.39 is 4.92 Å². The first kappa shape index (κ1) is 7.59. The Bertz CT molecular complexity index is 310. The Morgan fingerprint density at radius 3 is 2.91 bits per heavy atom. The van der Waals surface area contributed by atoms with Crippen molar-refractivity contribution in [3.8, 4) is 0 Å². The lowest BCUT2D eigenvalue weighted by atomic mass is 10.5. The number of isocyanates is 1. The maximum atomic E-state index is 10.1. The lowest BCUT2D eigenvalue weighted by Gasteiger charge is -1.77. The van der Waals surface area contributed by atoms with Crippen LogP contribution in [0.1, 0.15) is 0 Å². The molecule has 0 atom stereocenters. The molecule has 0 aliphatic carbocycles. The van der Waals surface area contributed by atoms with Crippen molar-refractivity contribution in [2.45, 2.75) is 0 Å². The second-order valence-corrected chi connectivity index (χ2v) is 2.49. The van der Waals surface area contributed by atoms with Crippen molar-refractivity contribution in [1.82, 2.24) is 0 Å². The molecule has 1 aromatic heterocycles. The number of rotatable bonds is 2. The Balaban J connectivity index is 2.99. The van der Waals surface area contributed by atoms with Crippen LogP contribution < -0.4 is 0 Å². The molecule has 0 unspecified atom stereocenters. The molecule has 0 aromatic carbocycles. The molecule has 0 bridgehead atoms. The van der Waals surface area contributed by atoms with E-state index in [0.29, 0.717) is 0 Å². The Hall–Kier alpha value is -1.52. The van der Waals surface area contributed by atoms with Crippen LogP contribution in [0.15, 0.2) is 16.4 Å². The highest BCUT2D eigenvalue weighted by Crippen LogP contribution is 2.27. The van der Waals surface area contributed by atoms with Gasteiger partial charge in [0.05, 0.1) is 16.7 Å². The predicted molar refractivity (Wildman–Crippen MR) is 38.8 cm³/mol. The Morgan fingerprint density at radius 1 is 1.73 bits per heavy atom. The fourth-order valence-electron chi connectivity index (χ4n) is 0.522. The third-order valence-electron chi connectivity index (χ3n) is 0.926. The summed E-state index contributed by atoms with van der Waals surface area (Å²) in [6, 6.07) is 1.22. The van der Waals surface area contributed by atoms with Crippen LogP contribution in [0, 0.1) is 10.1 Å². The molecule has 0 aliphatic rings. The number of hydrogen-bond donors (Lipinski definition) is 0. The average molecular weight is 170 g/mol. The summed E-state index contributed by atoms with van der Waals surface area (Å²) in [5.41, 5.74) is 0.275. The average Bonchev–Trinajstić information content (AvgIpc) is 2.37. The number of carbonyl (C=O) groups excluding carboxylic acids is 1. The molecular formula is C5H2N2O3S. The van der Waals surface area contributed by atoms with Crippen LogP contribution >= 0.6 is 11.3 Å². The van der Waals surface area contributed by atoms with Crippen molar-refractivity contribution in [1.29, 1.82) is 0 Å². The first-order valence-electron chi connectivity index (χ1n) is 2.55. The highest BCUT2D eigenvalue weighted by molar-refractivity contribution is 7.13. The molecule has 0 spiro atoms. The van der Waals surface area contributed by atoms with Gasteiger partial charge in [0.25, 0.3) is 0 Å². The molecular weight excluding hydrogens is 168 g/mol. The Kier molecular flexibility index (Phi) is 2.10. The molecule has 0 amide bonds. The number of hydrogen-bond acceptors (Lipinski definition) is 5. The summed E-state index contributed by atoms with van der Waals surface area (Å²) in [7, 11) is 0. The summed E-state index contributed by atoms with van der Waals surface area (Å²) in [4.78, 5) is 22.5.